The molecule has 3 aromatic carbocycles. The maximum atomic E-state index is 14.0. The summed E-state index contributed by atoms with van der Waals surface area (Å²) in [4.78, 5) is 24.9. The highest BCUT2D eigenvalue weighted by Crippen LogP contribution is 2.46. The van der Waals surface area contributed by atoms with Crippen LogP contribution < -0.4 is 5.32 Å². The molecule has 0 bridgehead atoms. The van der Waals surface area contributed by atoms with E-state index in [4.69, 9.17) is 5.11 Å². The number of fused-ring (bicyclic) bond motifs is 5. The van der Waals surface area contributed by atoms with Gasteiger partial charge < -0.3 is 15.0 Å². The Hall–Kier alpha value is -4.12. The van der Waals surface area contributed by atoms with Gasteiger partial charge in [-0.2, -0.15) is 0 Å². The summed E-state index contributed by atoms with van der Waals surface area (Å²) in [6, 6.07) is 23.3. The molecule has 0 atom stereocenters. The van der Waals surface area contributed by atoms with Crippen LogP contribution in [0.4, 0.5) is 0 Å². The van der Waals surface area contributed by atoms with Gasteiger partial charge in [0.15, 0.2) is 0 Å². The Bertz CT molecular complexity index is 1700. The van der Waals surface area contributed by atoms with Crippen molar-refractivity contribution in [1.29, 1.82) is 0 Å². The fourth-order valence-corrected chi connectivity index (χ4v) is 8.08. The number of carboxylic acid groups (broad SMARTS) is 1. The second-order valence-electron chi connectivity index (χ2n) is 12.8. The van der Waals surface area contributed by atoms with Gasteiger partial charge >= 0.3 is 5.97 Å². The number of aromatic nitrogens is 1. The normalized spacial score (nSPS) is 18.3. The molecule has 1 amide bonds. The number of aryl methyl sites for hydroxylation is 2. The van der Waals surface area contributed by atoms with Crippen molar-refractivity contribution in [3.05, 3.63) is 101 Å². The number of hydrogen-bond acceptors (Lipinski definition) is 2. The Morgan fingerprint density at radius 2 is 1.65 bits per heavy atom. The van der Waals surface area contributed by atoms with Crippen molar-refractivity contribution in [2.75, 3.05) is 0 Å². The third-order valence-corrected chi connectivity index (χ3v) is 10.2. The van der Waals surface area contributed by atoms with Gasteiger partial charge in [-0.15, -0.1) is 0 Å². The molecular formula is C38H40N2O3. The zero-order valence-electron chi connectivity index (χ0n) is 24.8. The number of amides is 1. The van der Waals surface area contributed by atoms with Crippen LogP contribution in [0.3, 0.4) is 0 Å². The van der Waals surface area contributed by atoms with E-state index in [-0.39, 0.29) is 5.91 Å². The van der Waals surface area contributed by atoms with Crippen LogP contribution in [0.15, 0.2) is 72.8 Å². The third-order valence-electron chi connectivity index (χ3n) is 10.2. The van der Waals surface area contributed by atoms with Crippen molar-refractivity contribution in [3.8, 4) is 11.3 Å². The van der Waals surface area contributed by atoms with E-state index in [9.17, 15) is 9.59 Å². The number of aliphatic carboxylic acids is 1. The lowest BCUT2D eigenvalue weighted by molar-refractivity contribution is -0.131. The average Bonchev–Trinajstić information content (AvgIpc) is 3.58. The van der Waals surface area contributed by atoms with Gasteiger partial charge in [-0.05, 0) is 84.9 Å². The first kappa shape index (κ1) is 27.7. The summed E-state index contributed by atoms with van der Waals surface area (Å²) in [5.74, 6) is -0.425. The molecule has 0 unspecified atom stereocenters. The van der Waals surface area contributed by atoms with Crippen molar-refractivity contribution in [1.82, 2.24) is 9.88 Å². The van der Waals surface area contributed by atoms with E-state index in [1.807, 2.05) is 30.3 Å². The number of rotatable bonds is 6. The predicted molar refractivity (Wildman–Crippen MR) is 172 cm³/mol. The Labute approximate surface area is 253 Å². The van der Waals surface area contributed by atoms with Gasteiger partial charge in [-0.3, -0.25) is 4.79 Å². The molecule has 3 aliphatic rings. The summed E-state index contributed by atoms with van der Waals surface area (Å²) in [7, 11) is 0. The first-order chi connectivity index (χ1) is 21.0. The molecule has 2 N–H and O–H groups in total. The van der Waals surface area contributed by atoms with Crippen molar-refractivity contribution in [3.63, 3.8) is 0 Å². The molecule has 2 saturated carbocycles. The Morgan fingerprint density at radius 3 is 2.42 bits per heavy atom. The lowest BCUT2D eigenvalue weighted by Gasteiger charge is -2.31. The molecular weight excluding hydrogens is 532 g/mol. The molecule has 2 fully saturated rings. The molecule has 2 aliphatic carbocycles. The van der Waals surface area contributed by atoms with Crippen LogP contribution in [-0.2, 0) is 23.3 Å². The summed E-state index contributed by atoms with van der Waals surface area (Å²) in [6.45, 7) is 0.963. The summed E-state index contributed by atoms with van der Waals surface area (Å²) in [6.07, 6.45) is 15.2. The second-order valence-corrected chi connectivity index (χ2v) is 12.8. The average molecular weight is 573 g/mol. The maximum absolute atomic E-state index is 14.0. The van der Waals surface area contributed by atoms with Gasteiger partial charge in [-0.1, -0.05) is 86.7 Å². The number of carbonyl (C=O) groups is 2. The standard InChI is InChI=1S/C38H40N2O3/c41-34(42)21-16-26-14-18-30(19-15-26)38(22-6-7-23-38)39-37(43)29-17-20-32-33(25-29)40-24-8-12-27-9-4-5-13-31(27)36(40)35(32)28-10-2-1-3-11-28/h4-5,9,13-21,25,28H,1-3,6-8,10-12,22-24H2,(H,39,43)(H,41,42). The van der Waals surface area contributed by atoms with E-state index in [2.05, 4.69) is 46.3 Å². The number of carboxylic acids is 1. The number of hydrogen-bond donors (Lipinski definition) is 2. The smallest absolute Gasteiger partial charge is 0.328 e. The molecule has 0 spiro atoms. The zero-order valence-corrected chi connectivity index (χ0v) is 24.8. The lowest BCUT2D eigenvalue weighted by atomic mass is 9.81. The van der Waals surface area contributed by atoms with Crippen LogP contribution in [0.2, 0.25) is 0 Å². The number of benzene rings is 3. The largest absolute Gasteiger partial charge is 0.478 e. The van der Waals surface area contributed by atoms with Crippen molar-refractivity contribution >= 4 is 28.9 Å². The minimum atomic E-state index is -0.962. The SMILES string of the molecule is O=C(O)C=Cc1ccc(C2(NC(=O)c3ccc4c(C5CCCCC5)c5n(c4c3)CCCc3ccccc3-5)CCCC2)cc1. The molecule has 7 rings (SSSR count). The van der Waals surface area contributed by atoms with Gasteiger partial charge in [0, 0.05) is 34.7 Å². The molecule has 5 heteroatoms. The monoisotopic (exact) mass is 572 g/mol. The minimum absolute atomic E-state index is 0.0255. The molecule has 4 aromatic rings. The molecule has 1 aliphatic heterocycles. The zero-order chi connectivity index (χ0) is 29.4. The third kappa shape index (κ3) is 5.20. The van der Waals surface area contributed by atoms with Crippen molar-refractivity contribution in [2.24, 2.45) is 0 Å². The molecule has 2 heterocycles. The van der Waals surface area contributed by atoms with Crippen LogP contribution in [0.25, 0.3) is 28.2 Å². The van der Waals surface area contributed by atoms with E-state index in [1.54, 1.807) is 6.08 Å². The van der Waals surface area contributed by atoms with Crippen LogP contribution in [-0.4, -0.2) is 21.6 Å². The van der Waals surface area contributed by atoms with E-state index in [0.29, 0.717) is 11.5 Å². The van der Waals surface area contributed by atoms with Crippen LogP contribution >= 0.6 is 0 Å². The Balaban J connectivity index is 1.26. The summed E-state index contributed by atoms with van der Waals surface area (Å²) >= 11 is 0. The summed E-state index contributed by atoms with van der Waals surface area (Å²) in [5, 5.41) is 13.8. The first-order valence-electron chi connectivity index (χ1n) is 16.1. The van der Waals surface area contributed by atoms with Gasteiger partial charge in [0.05, 0.1) is 11.2 Å². The quantitative estimate of drug-likeness (QED) is 0.227. The fraction of sp³-hybridized carbons (Fsp3) is 0.368. The van der Waals surface area contributed by atoms with E-state index < -0.39 is 11.5 Å². The first-order valence-corrected chi connectivity index (χ1v) is 16.1. The molecule has 0 radical (unpaired) electrons. The topological polar surface area (TPSA) is 71.3 Å². The van der Waals surface area contributed by atoms with E-state index in [0.717, 1.165) is 62.3 Å². The molecule has 5 nitrogen and oxygen atoms in total. The van der Waals surface area contributed by atoms with Gasteiger partial charge in [0.2, 0.25) is 0 Å². The second kappa shape index (κ2) is 11.5. The van der Waals surface area contributed by atoms with Crippen molar-refractivity contribution in [2.45, 2.75) is 88.6 Å². The summed E-state index contributed by atoms with van der Waals surface area (Å²) in [5.41, 5.74) is 9.10. The van der Waals surface area contributed by atoms with E-state index >= 15 is 0 Å². The fourth-order valence-electron chi connectivity index (χ4n) is 8.08. The Morgan fingerprint density at radius 1 is 0.884 bits per heavy atom. The molecule has 1 aromatic heterocycles. The van der Waals surface area contributed by atoms with Crippen molar-refractivity contribution < 1.29 is 14.7 Å². The minimum Gasteiger partial charge on any atom is -0.478 e. The Kier molecular flexibility index (Phi) is 7.42. The number of nitrogens with zero attached hydrogens (tertiary/aromatic N) is 1. The van der Waals surface area contributed by atoms with Gasteiger partial charge in [-0.25, -0.2) is 4.79 Å². The van der Waals surface area contributed by atoms with Crippen LogP contribution in [0.1, 0.15) is 103 Å². The van der Waals surface area contributed by atoms with Crippen LogP contribution in [0, 0.1) is 0 Å². The van der Waals surface area contributed by atoms with E-state index in [1.165, 1.54) is 65.4 Å². The highest BCUT2D eigenvalue weighted by atomic mass is 16.4. The van der Waals surface area contributed by atoms with Crippen LogP contribution in [0.5, 0.6) is 0 Å². The molecule has 220 valence electrons. The summed E-state index contributed by atoms with van der Waals surface area (Å²) < 4.78 is 2.52. The predicted octanol–water partition coefficient (Wildman–Crippen LogP) is 8.60. The highest BCUT2D eigenvalue weighted by molar-refractivity contribution is 6.01. The number of nitrogens with one attached hydrogen (secondary N) is 1. The lowest BCUT2D eigenvalue weighted by Crippen LogP contribution is -2.43. The van der Waals surface area contributed by atoms with Gasteiger partial charge in [0.1, 0.15) is 0 Å². The number of carbonyl (C=O) groups excluding carboxylic acids is 1. The molecule has 43 heavy (non-hydrogen) atoms. The molecule has 0 saturated heterocycles. The van der Waals surface area contributed by atoms with Gasteiger partial charge in [0.25, 0.3) is 5.91 Å². The maximum Gasteiger partial charge on any atom is 0.328 e. The highest BCUT2D eigenvalue weighted by Gasteiger charge is 2.37.